The number of piperazine rings is 1. The van der Waals surface area contributed by atoms with Crippen molar-refractivity contribution in [3.8, 4) is 0 Å². The van der Waals surface area contributed by atoms with Crippen LogP contribution >= 0.6 is 0 Å². The highest BCUT2D eigenvalue weighted by Gasteiger charge is 2.18. The number of nitrogens with one attached hydrogen (secondary N) is 1. The fourth-order valence-electron chi connectivity index (χ4n) is 3.37. The lowest BCUT2D eigenvalue weighted by Crippen LogP contribution is -2.48. The number of rotatable bonds is 6. The molecule has 3 rings (SSSR count). The number of aryl methyl sites for hydroxylation is 1. The van der Waals surface area contributed by atoms with Crippen LogP contribution in [0.4, 0.5) is 5.69 Å². The van der Waals surface area contributed by atoms with Gasteiger partial charge >= 0.3 is 0 Å². The van der Waals surface area contributed by atoms with E-state index in [1.165, 1.54) is 16.8 Å². The number of anilines is 1. The molecule has 2 heterocycles. The maximum atomic E-state index is 4.36. The summed E-state index contributed by atoms with van der Waals surface area (Å²) in [4.78, 5) is 13.6. The first-order valence-electron chi connectivity index (χ1n) is 9.18. The minimum atomic E-state index is 0.241. The topological polar surface area (TPSA) is 44.3 Å². The van der Waals surface area contributed by atoms with Gasteiger partial charge in [-0.05, 0) is 38.0 Å². The van der Waals surface area contributed by atoms with Crippen molar-refractivity contribution in [3.63, 3.8) is 0 Å². The van der Waals surface area contributed by atoms with Gasteiger partial charge in [0.2, 0.25) is 0 Å². The summed E-state index contributed by atoms with van der Waals surface area (Å²) in [6.07, 6.45) is 5.30. The van der Waals surface area contributed by atoms with Gasteiger partial charge in [0.05, 0.1) is 5.69 Å². The van der Waals surface area contributed by atoms with Crippen molar-refractivity contribution in [1.29, 1.82) is 0 Å². The summed E-state index contributed by atoms with van der Waals surface area (Å²) in [5.41, 5.74) is 5.19. The van der Waals surface area contributed by atoms with E-state index >= 15 is 0 Å². The predicted octanol–water partition coefficient (Wildman–Crippen LogP) is 2.57. The summed E-state index contributed by atoms with van der Waals surface area (Å²) in [6, 6.07) is 6.85. The van der Waals surface area contributed by atoms with E-state index in [9.17, 15) is 0 Å². The normalized spacial score (nSPS) is 16.8. The van der Waals surface area contributed by atoms with Gasteiger partial charge in [-0.15, -0.1) is 0 Å². The molecule has 1 unspecified atom stereocenters. The van der Waals surface area contributed by atoms with Gasteiger partial charge in [-0.3, -0.25) is 14.9 Å². The zero-order valence-electron chi connectivity index (χ0n) is 15.6. The molecule has 1 atom stereocenters. The van der Waals surface area contributed by atoms with Crippen LogP contribution in [0.3, 0.4) is 0 Å². The third-order valence-electron chi connectivity index (χ3n) is 5.19. The lowest BCUT2D eigenvalue weighted by atomic mass is 10.1. The average Bonchev–Trinajstić information content (AvgIpc) is 2.65. The average molecular weight is 339 g/mol. The van der Waals surface area contributed by atoms with Crippen molar-refractivity contribution >= 4 is 5.69 Å². The van der Waals surface area contributed by atoms with Gasteiger partial charge in [-0.25, -0.2) is 0 Å². The zero-order chi connectivity index (χ0) is 17.6. The highest BCUT2D eigenvalue weighted by Crippen LogP contribution is 2.23. The highest BCUT2D eigenvalue weighted by molar-refractivity contribution is 5.56. The molecule has 1 aromatic carbocycles. The highest BCUT2D eigenvalue weighted by atomic mass is 15.3. The van der Waals surface area contributed by atoms with Gasteiger partial charge in [0.25, 0.3) is 0 Å². The van der Waals surface area contributed by atoms with Crippen molar-refractivity contribution in [2.45, 2.75) is 26.8 Å². The fraction of sp³-hybridized carbons (Fsp3) is 0.500. The molecule has 134 valence electrons. The second-order valence-electron chi connectivity index (χ2n) is 6.85. The standard InChI is InChI=1S/C20H29N5/c1-16-5-4-6-20(17(16)2)25-13-11-24(12-14-25)10-9-22-18(3)19-15-21-7-8-23-19/h4-8,15,18,22H,9-14H2,1-3H3. The van der Waals surface area contributed by atoms with E-state index in [1.54, 1.807) is 12.4 Å². The summed E-state index contributed by atoms with van der Waals surface area (Å²) in [6.45, 7) is 13.1. The van der Waals surface area contributed by atoms with Gasteiger partial charge in [-0.2, -0.15) is 0 Å². The summed E-state index contributed by atoms with van der Waals surface area (Å²) < 4.78 is 0. The van der Waals surface area contributed by atoms with E-state index in [0.717, 1.165) is 45.0 Å². The van der Waals surface area contributed by atoms with Gasteiger partial charge in [-0.1, -0.05) is 12.1 Å². The third kappa shape index (κ3) is 4.55. The molecule has 1 fully saturated rings. The Balaban J connectivity index is 1.43. The van der Waals surface area contributed by atoms with Crippen LogP contribution in [0.2, 0.25) is 0 Å². The third-order valence-corrected chi connectivity index (χ3v) is 5.19. The quantitative estimate of drug-likeness (QED) is 0.876. The molecule has 1 aliphatic rings. The van der Waals surface area contributed by atoms with Crippen molar-refractivity contribution in [1.82, 2.24) is 20.2 Å². The molecule has 1 saturated heterocycles. The van der Waals surface area contributed by atoms with Gasteiger partial charge in [0.1, 0.15) is 0 Å². The fourth-order valence-corrected chi connectivity index (χ4v) is 3.37. The molecular weight excluding hydrogens is 310 g/mol. The minimum Gasteiger partial charge on any atom is -0.369 e. The maximum absolute atomic E-state index is 4.36. The Kier molecular flexibility index (Phi) is 6.00. The maximum Gasteiger partial charge on any atom is 0.0753 e. The van der Waals surface area contributed by atoms with E-state index in [4.69, 9.17) is 0 Å². The molecule has 0 saturated carbocycles. The molecule has 1 N–H and O–H groups in total. The van der Waals surface area contributed by atoms with Crippen LogP contribution in [0.25, 0.3) is 0 Å². The van der Waals surface area contributed by atoms with Crippen LogP contribution in [0.5, 0.6) is 0 Å². The monoisotopic (exact) mass is 339 g/mol. The Morgan fingerprint density at radius 1 is 1.12 bits per heavy atom. The van der Waals surface area contributed by atoms with Gasteiger partial charge in [0, 0.05) is 69.6 Å². The minimum absolute atomic E-state index is 0.241. The van der Waals surface area contributed by atoms with Crippen molar-refractivity contribution < 1.29 is 0 Å². The summed E-state index contributed by atoms with van der Waals surface area (Å²) in [5.74, 6) is 0. The van der Waals surface area contributed by atoms with Crippen molar-refractivity contribution in [3.05, 3.63) is 53.6 Å². The molecule has 2 aromatic rings. The molecule has 1 aliphatic heterocycles. The molecule has 0 spiro atoms. The molecule has 0 bridgehead atoms. The first-order valence-corrected chi connectivity index (χ1v) is 9.18. The first kappa shape index (κ1) is 17.8. The summed E-state index contributed by atoms with van der Waals surface area (Å²) >= 11 is 0. The Morgan fingerprint density at radius 2 is 1.92 bits per heavy atom. The smallest absolute Gasteiger partial charge is 0.0753 e. The molecule has 1 aromatic heterocycles. The number of hydrogen-bond acceptors (Lipinski definition) is 5. The lowest BCUT2D eigenvalue weighted by Gasteiger charge is -2.37. The van der Waals surface area contributed by atoms with Crippen molar-refractivity contribution in [2.24, 2.45) is 0 Å². The van der Waals surface area contributed by atoms with E-state index in [-0.39, 0.29) is 6.04 Å². The Labute approximate surface area is 151 Å². The largest absolute Gasteiger partial charge is 0.369 e. The molecule has 0 amide bonds. The van der Waals surface area contributed by atoms with E-state index < -0.39 is 0 Å². The predicted molar refractivity (Wildman–Crippen MR) is 103 cm³/mol. The Hall–Kier alpha value is -1.98. The number of benzene rings is 1. The van der Waals surface area contributed by atoms with Crippen LogP contribution in [0, 0.1) is 13.8 Å². The van der Waals surface area contributed by atoms with Crippen LogP contribution in [0.15, 0.2) is 36.8 Å². The van der Waals surface area contributed by atoms with Crippen molar-refractivity contribution in [2.75, 3.05) is 44.2 Å². The van der Waals surface area contributed by atoms with E-state index in [1.807, 2.05) is 6.20 Å². The number of aromatic nitrogens is 2. The van der Waals surface area contributed by atoms with Crippen LogP contribution in [-0.2, 0) is 0 Å². The summed E-state index contributed by atoms with van der Waals surface area (Å²) in [7, 11) is 0. The summed E-state index contributed by atoms with van der Waals surface area (Å²) in [5, 5.41) is 3.55. The van der Waals surface area contributed by atoms with Crippen LogP contribution < -0.4 is 10.2 Å². The van der Waals surface area contributed by atoms with E-state index in [2.05, 4.69) is 64.1 Å². The zero-order valence-corrected chi connectivity index (χ0v) is 15.6. The van der Waals surface area contributed by atoms with Crippen LogP contribution in [-0.4, -0.2) is 54.1 Å². The van der Waals surface area contributed by atoms with Gasteiger partial charge < -0.3 is 10.2 Å². The molecule has 5 heteroatoms. The molecule has 0 aliphatic carbocycles. The Morgan fingerprint density at radius 3 is 2.64 bits per heavy atom. The second-order valence-corrected chi connectivity index (χ2v) is 6.85. The first-order chi connectivity index (χ1) is 12.1. The van der Waals surface area contributed by atoms with Crippen LogP contribution in [0.1, 0.15) is 29.8 Å². The molecule has 5 nitrogen and oxygen atoms in total. The molecular formula is C20H29N5. The molecule has 25 heavy (non-hydrogen) atoms. The number of hydrogen-bond donors (Lipinski definition) is 1. The number of nitrogens with zero attached hydrogens (tertiary/aromatic N) is 4. The van der Waals surface area contributed by atoms with E-state index in [0.29, 0.717) is 0 Å². The lowest BCUT2D eigenvalue weighted by molar-refractivity contribution is 0.254. The van der Waals surface area contributed by atoms with Gasteiger partial charge in [0.15, 0.2) is 0 Å². The second kappa shape index (κ2) is 8.41. The Bertz CT molecular complexity index is 665. The SMILES string of the molecule is Cc1cccc(N2CCN(CCNC(C)c3cnccn3)CC2)c1C. The molecule has 0 radical (unpaired) electrons.